The van der Waals surface area contributed by atoms with Crippen LogP contribution >= 0.6 is 0 Å². The fourth-order valence-corrected chi connectivity index (χ4v) is 2.85. The highest BCUT2D eigenvalue weighted by molar-refractivity contribution is 5.99. The van der Waals surface area contributed by atoms with E-state index in [-0.39, 0.29) is 0 Å². The number of fused-ring (bicyclic) bond motifs is 5. The fraction of sp³-hybridized carbons (Fsp3) is 0.385. The third kappa shape index (κ3) is 1.40. The molecule has 2 aromatic heterocycles. The summed E-state index contributed by atoms with van der Waals surface area (Å²) < 4.78 is 7.68. The number of imidazole rings is 1. The number of nitrogens with zero attached hydrogens (tertiary/aromatic N) is 4. The van der Waals surface area contributed by atoms with E-state index >= 15 is 0 Å². The summed E-state index contributed by atoms with van der Waals surface area (Å²) in [6.45, 7) is 2.96. The predicted molar refractivity (Wildman–Crippen MR) is 73.9 cm³/mol. The maximum absolute atomic E-state index is 6.06. The Balaban J connectivity index is 2.13. The van der Waals surface area contributed by atoms with Crippen molar-refractivity contribution in [1.29, 1.82) is 0 Å². The molecule has 6 heteroatoms. The van der Waals surface area contributed by atoms with Crippen LogP contribution in [0.2, 0.25) is 0 Å². The molecule has 0 aromatic carbocycles. The number of pyridine rings is 1. The van der Waals surface area contributed by atoms with E-state index in [0.29, 0.717) is 12.4 Å². The van der Waals surface area contributed by atoms with Crippen LogP contribution in [0.3, 0.4) is 0 Å². The summed E-state index contributed by atoms with van der Waals surface area (Å²) in [6.07, 6.45) is 4.13. The zero-order valence-corrected chi connectivity index (χ0v) is 10.8. The van der Waals surface area contributed by atoms with Gasteiger partial charge in [0.2, 0.25) is 0 Å². The Morgan fingerprint density at radius 2 is 2.26 bits per heavy atom. The van der Waals surface area contributed by atoms with Crippen LogP contribution in [0.25, 0.3) is 17.1 Å². The van der Waals surface area contributed by atoms with Gasteiger partial charge < -0.3 is 19.9 Å². The van der Waals surface area contributed by atoms with Gasteiger partial charge in [-0.2, -0.15) is 0 Å². The second kappa shape index (κ2) is 3.71. The quantitative estimate of drug-likeness (QED) is 0.762. The molecular weight excluding hydrogens is 242 g/mol. The molecule has 0 saturated carbocycles. The van der Waals surface area contributed by atoms with Gasteiger partial charge in [0.05, 0.1) is 23.5 Å². The van der Waals surface area contributed by atoms with Crippen LogP contribution in [0.5, 0.6) is 0 Å². The number of rotatable bonds is 0. The summed E-state index contributed by atoms with van der Waals surface area (Å²) in [7, 11) is 2.07. The second-order valence-electron chi connectivity index (χ2n) is 4.94. The third-order valence-corrected chi connectivity index (χ3v) is 3.72. The molecule has 0 unspecified atom stereocenters. The van der Waals surface area contributed by atoms with Gasteiger partial charge in [0.15, 0.2) is 5.82 Å². The van der Waals surface area contributed by atoms with Crippen molar-refractivity contribution < 1.29 is 4.74 Å². The molecule has 0 aliphatic carbocycles. The number of likely N-dealkylation sites (N-methyl/N-ethyl adjacent to an activating group) is 1. The maximum Gasteiger partial charge on any atom is 0.152 e. The van der Waals surface area contributed by atoms with Gasteiger partial charge in [-0.25, -0.2) is 9.97 Å². The van der Waals surface area contributed by atoms with Gasteiger partial charge >= 0.3 is 0 Å². The molecule has 2 N–H and O–H groups in total. The minimum absolute atomic E-state index is 0.496. The highest BCUT2D eigenvalue weighted by Gasteiger charge is 2.24. The van der Waals surface area contributed by atoms with Crippen LogP contribution in [0.1, 0.15) is 11.5 Å². The van der Waals surface area contributed by atoms with Gasteiger partial charge in [-0.15, -0.1) is 0 Å². The van der Waals surface area contributed by atoms with E-state index in [9.17, 15) is 0 Å². The number of anilines is 2. The van der Waals surface area contributed by atoms with Gasteiger partial charge in [-0.05, 0) is 6.08 Å². The standard InChI is InChI=1S/C13H15N5O/c1-17-4-2-3-8-11(17)12-10(13(14)15-8)16-9-7-19-6-5-18(9)12/h2-3H,4-7H2,1H3,(H2,14,15). The minimum Gasteiger partial charge on any atom is -0.382 e. The van der Waals surface area contributed by atoms with Crippen LogP contribution in [0, 0.1) is 0 Å². The van der Waals surface area contributed by atoms with Crippen LogP contribution in [0.15, 0.2) is 6.08 Å². The van der Waals surface area contributed by atoms with E-state index < -0.39 is 0 Å². The van der Waals surface area contributed by atoms with Crippen molar-refractivity contribution in [1.82, 2.24) is 14.5 Å². The van der Waals surface area contributed by atoms with Gasteiger partial charge in [0, 0.05) is 20.1 Å². The SMILES string of the molecule is CN1CC=Cc2nc(N)c3nc4n(c3c21)CCOC4. The Labute approximate surface area is 110 Å². The first-order chi connectivity index (χ1) is 9.25. The van der Waals surface area contributed by atoms with Gasteiger partial charge in [0.1, 0.15) is 17.9 Å². The third-order valence-electron chi connectivity index (χ3n) is 3.72. The molecule has 2 aliphatic rings. The van der Waals surface area contributed by atoms with Crippen LogP contribution in [-0.2, 0) is 17.9 Å². The number of nitrogen functional groups attached to an aromatic ring is 1. The van der Waals surface area contributed by atoms with E-state index in [1.54, 1.807) is 0 Å². The summed E-state index contributed by atoms with van der Waals surface area (Å²) in [4.78, 5) is 11.3. The topological polar surface area (TPSA) is 69.2 Å². The number of ether oxygens (including phenoxy) is 1. The lowest BCUT2D eigenvalue weighted by atomic mass is 10.1. The van der Waals surface area contributed by atoms with Crippen molar-refractivity contribution in [3.8, 4) is 0 Å². The molecule has 0 amide bonds. The fourth-order valence-electron chi connectivity index (χ4n) is 2.85. The monoisotopic (exact) mass is 257 g/mol. The molecule has 0 bridgehead atoms. The summed E-state index contributed by atoms with van der Waals surface area (Å²) >= 11 is 0. The molecule has 4 rings (SSSR count). The van der Waals surface area contributed by atoms with E-state index in [2.05, 4.69) is 32.6 Å². The molecule has 2 aliphatic heterocycles. The molecule has 0 radical (unpaired) electrons. The second-order valence-corrected chi connectivity index (χ2v) is 4.94. The van der Waals surface area contributed by atoms with Crippen molar-refractivity contribution in [3.63, 3.8) is 0 Å². The highest BCUT2D eigenvalue weighted by Crippen LogP contribution is 2.36. The molecule has 0 spiro atoms. The average molecular weight is 257 g/mol. The van der Waals surface area contributed by atoms with E-state index in [4.69, 9.17) is 10.5 Å². The van der Waals surface area contributed by atoms with Crippen molar-refractivity contribution >= 4 is 28.6 Å². The molecule has 0 atom stereocenters. The highest BCUT2D eigenvalue weighted by atomic mass is 16.5. The zero-order valence-electron chi connectivity index (χ0n) is 10.8. The van der Waals surface area contributed by atoms with Crippen molar-refractivity contribution in [2.45, 2.75) is 13.2 Å². The Bertz CT molecular complexity index is 703. The summed E-state index contributed by atoms with van der Waals surface area (Å²) in [5.74, 6) is 1.43. The first kappa shape index (κ1) is 10.8. The average Bonchev–Trinajstić information content (AvgIpc) is 2.79. The maximum atomic E-state index is 6.06. The lowest BCUT2D eigenvalue weighted by molar-refractivity contribution is 0.0831. The Hall–Kier alpha value is -2.08. The number of aromatic nitrogens is 3. The Morgan fingerprint density at radius 3 is 3.16 bits per heavy atom. The van der Waals surface area contributed by atoms with E-state index in [1.165, 1.54) is 0 Å². The molecular formula is C13H15N5O. The smallest absolute Gasteiger partial charge is 0.152 e. The molecule has 2 aromatic rings. The van der Waals surface area contributed by atoms with Crippen molar-refractivity contribution in [3.05, 3.63) is 17.6 Å². The molecule has 0 saturated heterocycles. The van der Waals surface area contributed by atoms with Crippen LogP contribution in [-0.4, -0.2) is 34.7 Å². The number of nitrogens with two attached hydrogens (primary N) is 1. The van der Waals surface area contributed by atoms with Crippen LogP contribution < -0.4 is 10.6 Å². The number of hydrogen-bond donors (Lipinski definition) is 1. The van der Waals surface area contributed by atoms with Gasteiger partial charge in [-0.1, -0.05) is 6.08 Å². The van der Waals surface area contributed by atoms with Crippen molar-refractivity contribution in [2.24, 2.45) is 0 Å². The van der Waals surface area contributed by atoms with Gasteiger partial charge in [-0.3, -0.25) is 0 Å². The molecule has 98 valence electrons. The van der Waals surface area contributed by atoms with Gasteiger partial charge in [0.25, 0.3) is 0 Å². The Morgan fingerprint density at radius 1 is 1.37 bits per heavy atom. The molecule has 0 fully saturated rings. The summed E-state index contributed by atoms with van der Waals surface area (Å²) in [5.41, 5.74) is 9.98. The van der Waals surface area contributed by atoms with E-state index in [1.807, 2.05) is 6.08 Å². The summed E-state index contributed by atoms with van der Waals surface area (Å²) in [6, 6.07) is 0. The molecule has 6 nitrogen and oxygen atoms in total. The lowest BCUT2D eigenvalue weighted by Gasteiger charge is -2.25. The summed E-state index contributed by atoms with van der Waals surface area (Å²) in [5, 5.41) is 0. The molecule has 19 heavy (non-hydrogen) atoms. The van der Waals surface area contributed by atoms with E-state index in [0.717, 1.165) is 47.9 Å². The van der Waals surface area contributed by atoms with Crippen molar-refractivity contribution in [2.75, 3.05) is 30.8 Å². The minimum atomic E-state index is 0.496. The largest absolute Gasteiger partial charge is 0.382 e. The van der Waals surface area contributed by atoms with Crippen LogP contribution in [0.4, 0.5) is 11.5 Å². The molecule has 4 heterocycles. The lowest BCUT2D eigenvalue weighted by Crippen LogP contribution is -2.23. The zero-order chi connectivity index (χ0) is 13.0. The first-order valence-corrected chi connectivity index (χ1v) is 6.39. The number of hydrogen-bond acceptors (Lipinski definition) is 5. The Kier molecular flexibility index (Phi) is 2.11. The predicted octanol–water partition coefficient (Wildman–Crippen LogP) is 1.01. The normalized spacial score (nSPS) is 17.6. The first-order valence-electron chi connectivity index (χ1n) is 6.39.